The average molecular weight is 198 g/mol. The SMILES string of the molecule is COCCO/N=C1\CN2CCC1CC2. The van der Waals surface area contributed by atoms with Crippen LogP contribution in [0.25, 0.3) is 0 Å². The number of nitrogens with zero attached hydrogens (tertiary/aromatic N) is 2. The average Bonchev–Trinajstić information content (AvgIpc) is 2.26. The van der Waals surface area contributed by atoms with Crippen LogP contribution in [0.1, 0.15) is 12.8 Å². The molecule has 4 heteroatoms. The zero-order chi connectivity index (χ0) is 9.80. The number of piperidine rings is 3. The normalized spacial score (nSPS) is 33.6. The molecule has 3 heterocycles. The van der Waals surface area contributed by atoms with Crippen molar-refractivity contribution in [3.05, 3.63) is 0 Å². The third-order valence-corrected chi connectivity index (χ3v) is 3.00. The molecule has 0 spiro atoms. The maximum Gasteiger partial charge on any atom is 0.140 e. The van der Waals surface area contributed by atoms with E-state index >= 15 is 0 Å². The predicted octanol–water partition coefficient (Wildman–Crippen LogP) is 0.731. The van der Waals surface area contributed by atoms with Crippen molar-refractivity contribution >= 4 is 5.71 Å². The second kappa shape index (κ2) is 4.75. The van der Waals surface area contributed by atoms with Crippen LogP contribution in [0, 0.1) is 5.92 Å². The van der Waals surface area contributed by atoms with E-state index < -0.39 is 0 Å². The Bertz CT molecular complexity index is 210. The lowest BCUT2D eigenvalue weighted by Gasteiger charge is -2.39. The summed E-state index contributed by atoms with van der Waals surface area (Å²) in [6, 6.07) is 0. The maximum atomic E-state index is 5.20. The van der Waals surface area contributed by atoms with Crippen LogP contribution >= 0.6 is 0 Å². The molecule has 0 radical (unpaired) electrons. The van der Waals surface area contributed by atoms with Gasteiger partial charge in [0.2, 0.25) is 0 Å². The topological polar surface area (TPSA) is 34.1 Å². The molecule has 3 aliphatic rings. The molecule has 3 rings (SSSR count). The van der Waals surface area contributed by atoms with Gasteiger partial charge in [0.05, 0.1) is 12.3 Å². The van der Waals surface area contributed by atoms with E-state index in [4.69, 9.17) is 9.57 Å². The molecular formula is C10H18N2O2. The van der Waals surface area contributed by atoms with Gasteiger partial charge in [-0.3, -0.25) is 4.90 Å². The smallest absolute Gasteiger partial charge is 0.140 e. The summed E-state index contributed by atoms with van der Waals surface area (Å²) in [6.07, 6.45) is 2.51. The standard InChI is InChI=1S/C10H18N2O2/c1-13-6-7-14-11-10-8-12-4-2-9(10)3-5-12/h9H,2-8H2,1H3/b11-10+. The van der Waals surface area contributed by atoms with Crippen molar-refractivity contribution in [1.29, 1.82) is 0 Å². The lowest BCUT2D eigenvalue weighted by Crippen LogP contribution is -2.47. The Kier molecular flexibility index (Phi) is 3.37. The van der Waals surface area contributed by atoms with E-state index in [1.165, 1.54) is 31.6 Å². The molecular weight excluding hydrogens is 180 g/mol. The van der Waals surface area contributed by atoms with E-state index in [1.54, 1.807) is 7.11 Å². The number of fused-ring (bicyclic) bond motifs is 3. The summed E-state index contributed by atoms with van der Waals surface area (Å²) in [6.45, 7) is 4.67. The Morgan fingerprint density at radius 1 is 1.36 bits per heavy atom. The van der Waals surface area contributed by atoms with Crippen LogP contribution in [0.15, 0.2) is 5.16 Å². The van der Waals surface area contributed by atoms with Crippen LogP contribution in [-0.2, 0) is 9.57 Å². The molecule has 3 fully saturated rings. The number of rotatable bonds is 4. The van der Waals surface area contributed by atoms with Crippen LogP contribution in [-0.4, -0.2) is 50.6 Å². The van der Waals surface area contributed by atoms with Crippen LogP contribution in [0.3, 0.4) is 0 Å². The summed E-state index contributed by atoms with van der Waals surface area (Å²) >= 11 is 0. The van der Waals surface area contributed by atoms with E-state index in [2.05, 4.69) is 10.1 Å². The van der Waals surface area contributed by atoms with E-state index in [9.17, 15) is 0 Å². The highest BCUT2D eigenvalue weighted by Crippen LogP contribution is 2.25. The predicted molar refractivity (Wildman–Crippen MR) is 54.4 cm³/mol. The Hall–Kier alpha value is -0.610. The summed E-state index contributed by atoms with van der Waals surface area (Å²) in [5, 5.41) is 4.20. The first kappa shape index (κ1) is 9.93. The highest BCUT2D eigenvalue weighted by atomic mass is 16.6. The quantitative estimate of drug-likeness (QED) is 0.493. The largest absolute Gasteiger partial charge is 0.393 e. The summed E-state index contributed by atoms with van der Waals surface area (Å²) in [5.41, 5.74) is 1.23. The molecule has 2 bridgehead atoms. The van der Waals surface area contributed by atoms with Crippen LogP contribution < -0.4 is 0 Å². The first-order chi connectivity index (χ1) is 6.90. The minimum Gasteiger partial charge on any atom is -0.393 e. The van der Waals surface area contributed by atoms with Gasteiger partial charge < -0.3 is 9.57 Å². The van der Waals surface area contributed by atoms with Crippen molar-refractivity contribution in [2.45, 2.75) is 12.8 Å². The van der Waals surface area contributed by atoms with Gasteiger partial charge in [0.1, 0.15) is 6.61 Å². The number of hydrogen-bond donors (Lipinski definition) is 0. The minimum atomic E-state index is 0.562. The monoisotopic (exact) mass is 198 g/mol. The van der Waals surface area contributed by atoms with Gasteiger partial charge in [-0.25, -0.2) is 0 Å². The van der Waals surface area contributed by atoms with Crippen molar-refractivity contribution in [2.24, 2.45) is 11.1 Å². The van der Waals surface area contributed by atoms with Crippen LogP contribution in [0.4, 0.5) is 0 Å². The lowest BCUT2D eigenvalue weighted by molar-refractivity contribution is 0.0707. The Balaban J connectivity index is 1.79. The minimum absolute atomic E-state index is 0.562. The van der Waals surface area contributed by atoms with Gasteiger partial charge in [-0.15, -0.1) is 0 Å². The molecule has 0 saturated carbocycles. The van der Waals surface area contributed by atoms with E-state index in [0.29, 0.717) is 19.1 Å². The second-order valence-corrected chi connectivity index (χ2v) is 3.96. The van der Waals surface area contributed by atoms with E-state index in [-0.39, 0.29) is 0 Å². The summed E-state index contributed by atoms with van der Waals surface area (Å²) < 4.78 is 4.89. The van der Waals surface area contributed by atoms with Gasteiger partial charge in [-0.1, -0.05) is 5.16 Å². The van der Waals surface area contributed by atoms with Gasteiger partial charge in [-0.2, -0.15) is 0 Å². The maximum absolute atomic E-state index is 5.20. The molecule has 3 aliphatic heterocycles. The first-order valence-corrected chi connectivity index (χ1v) is 5.30. The molecule has 0 N–H and O–H groups in total. The molecule has 0 aromatic heterocycles. The fourth-order valence-electron chi connectivity index (χ4n) is 2.14. The second-order valence-electron chi connectivity index (χ2n) is 3.96. The van der Waals surface area contributed by atoms with Crippen molar-refractivity contribution in [3.63, 3.8) is 0 Å². The summed E-state index contributed by atoms with van der Waals surface area (Å²) in [4.78, 5) is 7.65. The van der Waals surface area contributed by atoms with Gasteiger partial charge in [0.15, 0.2) is 0 Å². The third kappa shape index (κ3) is 2.25. The van der Waals surface area contributed by atoms with Gasteiger partial charge >= 0.3 is 0 Å². The number of methoxy groups -OCH3 is 1. The fourth-order valence-corrected chi connectivity index (χ4v) is 2.14. The zero-order valence-corrected chi connectivity index (χ0v) is 8.74. The molecule has 0 amide bonds. The molecule has 14 heavy (non-hydrogen) atoms. The summed E-state index contributed by atoms with van der Waals surface area (Å²) in [5.74, 6) is 0.683. The van der Waals surface area contributed by atoms with Crippen molar-refractivity contribution < 1.29 is 9.57 Å². The molecule has 0 atom stereocenters. The highest BCUT2D eigenvalue weighted by Gasteiger charge is 2.31. The lowest BCUT2D eigenvalue weighted by atomic mass is 9.87. The van der Waals surface area contributed by atoms with Gasteiger partial charge in [0.25, 0.3) is 0 Å². The van der Waals surface area contributed by atoms with Gasteiger partial charge in [0, 0.05) is 19.6 Å². The fraction of sp³-hybridized carbons (Fsp3) is 0.900. The van der Waals surface area contributed by atoms with Crippen LogP contribution in [0.5, 0.6) is 0 Å². The Labute approximate surface area is 84.8 Å². The van der Waals surface area contributed by atoms with Crippen LogP contribution in [0.2, 0.25) is 0 Å². The van der Waals surface area contributed by atoms with Crippen molar-refractivity contribution in [3.8, 4) is 0 Å². The number of hydrogen-bond acceptors (Lipinski definition) is 4. The van der Waals surface area contributed by atoms with Crippen molar-refractivity contribution in [2.75, 3.05) is 40.0 Å². The molecule has 0 aliphatic carbocycles. The number of oxime groups is 1. The Morgan fingerprint density at radius 2 is 2.14 bits per heavy atom. The van der Waals surface area contributed by atoms with Crippen molar-refractivity contribution in [1.82, 2.24) is 4.90 Å². The number of ether oxygens (including phenoxy) is 1. The zero-order valence-electron chi connectivity index (χ0n) is 8.74. The molecule has 4 nitrogen and oxygen atoms in total. The van der Waals surface area contributed by atoms with E-state index in [1.807, 2.05) is 0 Å². The molecule has 0 unspecified atom stereocenters. The summed E-state index contributed by atoms with van der Waals surface area (Å²) in [7, 11) is 1.67. The first-order valence-electron chi connectivity index (χ1n) is 5.30. The molecule has 0 aromatic carbocycles. The van der Waals surface area contributed by atoms with E-state index in [0.717, 1.165) is 6.54 Å². The molecule has 0 aromatic rings. The van der Waals surface area contributed by atoms with Gasteiger partial charge in [-0.05, 0) is 25.9 Å². The molecule has 80 valence electrons. The third-order valence-electron chi connectivity index (χ3n) is 3.00. The Morgan fingerprint density at radius 3 is 2.71 bits per heavy atom. The highest BCUT2D eigenvalue weighted by molar-refractivity contribution is 5.89. The molecule has 3 saturated heterocycles.